The molecule has 0 radical (unpaired) electrons. The second kappa shape index (κ2) is 9.96. The summed E-state index contributed by atoms with van der Waals surface area (Å²) in [7, 11) is 0. The fraction of sp³-hybridized carbons (Fsp3) is 0.409. The molecule has 29 heavy (non-hydrogen) atoms. The molecule has 2 aromatic carbocycles. The molecule has 0 saturated carbocycles. The average molecular weight is 418 g/mol. The highest BCUT2D eigenvalue weighted by Crippen LogP contribution is 2.32. The van der Waals surface area contributed by atoms with Crippen molar-refractivity contribution in [1.29, 1.82) is 0 Å². The number of piperazine rings is 1. The number of benzene rings is 2. The number of ether oxygens (including phenoxy) is 2. The van der Waals surface area contributed by atoms with E-state index in [0.29, 0.717) is 13.1 Å². The molecular weight excluding hydrogens is 390 g/mol. The summed E-state index contributed by atoms with van der Waals surface area (Å²) in [4.78, 5) is 14.8. The first-order valence-electron chi connectivity index (χ1n) is 9.92. The summed E-state index contributed by atoms with van der Waals surface area (Å²) >= 11 is 0. The van der Waals surface area contributed by atoms with Gasteiger partial charge in [0.25, 0.3) is 0 Å². The number of carbonyl (C=O) groups excluding carboxylic acids is 1. The third-order valence-electron chi connectivity index (χ3n) is 5.40. The highest BCUT2D eigenvalue weighted by molar-refractivity contribution is 5.85. The van der Waals surface area contributed by atoms with E-state index in [4.69, 9.17) is 9.47 Å². The van der Waals surface area contributed by atoms with Gasteiger partial charge in [-0.25, -0.2) is 0 Å². The number of hydrogen-bond acceptors (Lipinski definition) is 5. The smallest absolute Gasteiger partial charge is 0.234 e. The van der Waals surface area contributed by atoms with Crippen LogP contribution in [0.1, 0.15) is 29.7 Å². The van der Waals surface area contributed by atoms with Gasteiger partial charge in [-0.3, -0.25) is 9.69 Å². The van der Waals surface area contributed by atoms with Crippen molar-refractivity contribution in [2.24, 2.45) is 0 Å². The first-order valence-corrected chi connectivity index (χ1v) is 9.92. The van der Waals surface area contributed by atoms with Crippen molar-refractivity contribution >= 4 is 18.3 Å². The predicted octanol–water partition coefficient (Wildman–Crippen LogP) is 2.66. The van der Waals surface area contributed by atoms with E-state index in [1.807, 2.05) is 18.2 Å². The van der Waals surface area contributed by atoms with Gasteiger partial charge in [0, 0.05) is 32.2 Å². The number of amides is 1. The van der Waals surface area contributed by atoms with Crippen molar-refractivity contribution in [3.05, 3.63) is 59.2 Å². The average Bonchev–Trinajstić information content (AvgIpc) is 3.21. The summed E-state index contributed by atoms with van der Waals surface area (Å²) in [5.41, 5.74) is 3.60. The van der Waals surface area contributed by atoms with Crippen LogP contribution < -0.4 is 20.1 Å². The number of nitrogens with one attached hydrogen (secondary N) is 2. The van der Waals surface area contributed by atoms with E-state index < -0.39 is 0 Å². The maximum Gasteiger partial charge on any atom is 0.234 e. The molecule has 2 aromatic rings. The van der Waals surface area contributed by atoms with Gasteiger partial charge < -0.3 is 20.1 Å². The van der Waals surface area contributed by atoms with Crippen LogP contribution in [0.25, 0.3) is 0 Å². The van der Waals surface area contributed by atoms with Gasteiger partial charge in [-0.15, -0.1) is 12.4 Å². The van der Waals surface area contributed by atoms with Crippen LogP contribution in [0.2, 0.25) is 0 Å². The van der Waals surface area contributed by atoms with Crippen molar-refractivity contribution < 1.29 is 14.3 Å². The van der Waals surface area contributed by atoms with E-state index in [1.54, 1.807) is 0 Å². The number of aryl methyl sites for hydroxylation is 1. The minimum absolute atomic E-state index is 0. The fourth-order valence-electron chi connectivity index (χ4n) is 3.73. The SMILES string of the molecule is CCc1ccc(C2CNCCN2CC(=O)NCc2ccc3c(c2)OCO3)cc1.Cl. The van der Waals surface area contributed by atoms with Gasteiger partial charge in [-0.05, 0) is 35.2 Å². The van der Waals surface area contributed by atoms with Crippen LogP contribution in [0.3, 0.4) is 0 Å². The van der Waals surface area contributed by atoms with E-state index >= 15 is 0 Å². The number of fused-ring (bicyclic) bond motifs is 1. The zero-order valence-corrected chi connectivity index (χ0v) is 17.5. The molecule has 1 fully saturated rings. The molecule has 2 aliphatic heterocycles. The van der Waals surface area contributed by atoms with Crippen LogP contribution in [0.4, 0.5) is 0 Å². The fourth-order valence-corrected chi connectivity index (χ4v) is 3.73. The van der Waals surface area contributed by atoms with Crippen molar-refractivity contribution in [3.63, 3.8) is 0 Å². The summed E-state index contributed by atoms with van der Waals surface area (Å²) in [5, 5.41) is 6.48. The minimum atomic E-state index is 0. The summed E-state index contributed by atoms with van der Waals surface area (Å²) in [6.45, 7) is 5.92. The predicted molar refractivity (Wildman–Crippen MR) is 115 cm³/mol. The maximum absolute atomic E-state index is 12.6. The lowest BCUT2D eigenvalue weighted by molar-refractivity contribution is -0.123. The third-order valence-corrected chi connectivity index (χ3v) is 5.40. The van der Waals surface area contributed by atoms with Crippen molar-refractivity contribution in [2.75, 3.05) is 33.0 Å². The van der Waals surface area contributed by atoms with Crippen molar-refractivity contribution in [1.82, 2.24) is 15.5 Å². The number of carbonyl (C=O) groups is 1. The Kier molecular flexibility index (Phi) is 7.36. The minimum Gasteiger partial charge on any atom is -0.454 e. The molecule has 0 bridgehead atoms. The van der Waals surface area contributed by atoms with Gasteiger partial charge >= 0.3 is 0 Å². The second-order valence-corrected chi connectivity index (χ2v) is 7.25. The first-order chi connectivity index (χ1) is 13.7. The molecule has 4 rings (SSSR count). The Hall–Kier alpha value is -2.28. The zero-order valence-electron chi connectivity index (χ0n) is 16.6. The molecule has 2 N–H and O–H groups in total. The topological polar surface area (TPSA) is 62.8 Å². The summed E-state index contributed by atoms with van der Waals surface area (Å²) in [5.74, 6) is 1.53. The van der Waals surface area contributed by atoms with Gasteiger partial charge in [0.15, 0.2) is 11.5 Å². The second-order valence-electron chi connectivity index (χ2n) is 7.25. The van der Waals surface area contributed by atoms with Crippen LogP contribution >= 0.6 is 12.4 Å². The molecule has 1 saturated heterocycles. The highest BCUT2D eigenvalue weighted by Gasteiger charge is 2.25. The summed E-state index contributed by atoms with van der Waals surface area (Å²) in [6, 6.07) is 14.7. The van der Waals surface area contributed by atoms with E-state index in [2.05, 4.69) is 46.7 Å². The number of halogens is 1. The molecule has 156 valence electrons. The largest absolute Gasteiger partial charge is 0.454 e. The highest BCUT2D eigenvalue weighted by atomic mass is 35.5. The van der Waals surface area contributed by atoms with Crippen molar-refractivity contribution in [3.8, 4) is 11.5 Å². The van der Waals surface area contributed by atoms with E-state index in [9.17, 15) is 4.79 Å². The lowest BCUT2D eigenvalue weighted by Gasteiger charge is -2.36. The molecule has 1 unspecified atom stereocenters. The molecule has 0 aliphatic carbocycles. The van der Waals surface area contributed by atoms with Gasteiger partial charge in [0.2, 0.25) is 12.7 Å². The van der Waals surface area contributed by atoms with Crippen molar-refractivity contribution in [2.45, 2.75) is 25.9 Å². The lowest BCUT2D eigenvalue weighted by atomic mass is 10.0. The number of rotatable bonds is 6. The lowest BCUT2D eigenvalue weighted by Crippen LogP contribution is -2.49. The van der Waals surface area contributed by atoms with Gasteiger partial charge in [-0.2, -0.15) is 0 Å². The van der Waals surface area contributed by atoms with Gasteiger partial charge in [0.05, 0.1) is 6.54 Å². The van der Waals surface area contributed by atoms with Crippen LogP contribution in [-0.2, 0) is 17.8 Å². The van der Waals surface area contributed by atoms with Crippen LogP contribution in [0, 0.1) is 0 Å². The Labute approximate surface area is 178 Å². The Morgan fingerprint density at radius 1 is 1.14 bits per heavy atom. The molecular formula is C22H28ClN3O3. The van der Waals surface area contributed by atoms with Crippen LogP contribution in [-0.4, -0.2) is 43.8 Å². The summed E-state index contributed by atoms with van der Waals surface area (Å²) < 4.78 is 10.7. The molecule has 2 aliphatic rings. The Morgan fingerprint density at radius 3 is 2.69 bits per heavy atom. The Morgan fingerprint density at radius 2 is 1.90 bits per heavy atom. The van der Waals surface area contributed by atoms with Gasteiger partial charge in [-0.1, -0.05) is 37.3 Å². The normalized spacial score (nSPS) is 18.2. The third kappa shape index (κ3) is 5.21. The van der Waals surface area contributed by atoms with Crippen LogP contribution in [0.5, 0.6) is 11.5 Å². The molecule has 0 spiro atoms. The molecule has 2 heterocycles. The number of nitrogens with zero attached hydrogens (tertiary/aromatic N) is 1. The Balaban J connectivity index is 0.00000240. The first kappa shape index (κ1) is 21.4. The molecule has 1 atom stereocenters. The van der Waals surface area contributed by atoms with E-state index in [0.717, 1.165) is 43.1 Å². The molecule has 0 aromatic heterocycles. The summed E-state index contributed by atoms with van der Waals surface area (Å²) in [6.07, 6.45) is 1.04. The maximum atomic E-state index is 12.6. The van der Waals surface area contributed by atoms with Crippen LogP contribution in [0.15, 0.2) is 42.5 Å². The van der Waals surface area contributed by atoms with E-state index in [-0.39, 0.29) is 31.1 Å². The zero-order chi connectivity index (χ0) is 19.3. The number of hydrogen-bond donors (Lipinski definition) is 2. The van der Waals surface area contributed by atoms with Gasteiger partial charge in [0.1, 0.15) is 0 Å². The Bertz CT molecular complexity index is 829. The molecule has 6 nitrogen and oxygen atoms in total. The molecule has 7 heteroatoms. The molecule has 1 amide bonds. The van der Waals surface area contributed by atoms with E-state index in [1.165, 1.54) is 11.1 Å². The standard InChI is InChI=1S/C22H27N3O3.ClH/c1-2-16-3-6-18(7-4-16)19-13-23-9-10-25(19)14-22(26)24-12-17-5-8-20-21(11-17)28-15-27-20;/h3-8,11,19,23H,2,9-10,12-15H2,1H3,(H,24,26);1H. The monoisotopic (exact) mass is 417 g/mol. The quantitative estimate of drug-likeness (QED) is 0.756.